The summed E-state index contributed by atoms with van der Waals surface area (Å²) in [6.45, 7) is 4.37. The van der Waals surface area contributed by atoms with E-state index in [1.165, 1.54) is 11.3 Å². The number of halogens is 1. The number of carbonyl (C=O) groups excluding carboxylic acids is 1. The van der Waals surface area contributed by atoms with E-state index < -0.39 is 10.0 Å². The van der Waals surface area contributed by atoms with E-state index in [2.05, 4.69) is 27.8 Å². The van der Waals surface area contributed by atoms with Crippen LogP contribution in [-0.4, -0.2) is 68.8 Å². The number of likely N-dealkylation sites (N-methyl/N-ethyl adjacent to an activating group) is 1. The Kier molecular flexibility index (Phi) is 7.73. The van der Waals surface area contributed by atoms with Crippen LogP contribution in [-0.2, 0) is 10.0 Å². The number of nitrogens with zero attached hydrogens (tertiary/aromatic N) is 4. The molecule has 1 aromatic heterocycles. The number of hydrogen-bond acceptors (Lipinski definition) is 6. The number of sulfonamides is 1. The maximum Gasteiger partial charge on any atom is 0.260 e. The number of piperidine rings is 1. The molecule has 1 saturated heterocycles. The lowest BCUT2D eigenvalue weighted by Crippen LogP contribution is -2.38. The van der Waals surface area contributed by atoms with E-state index in [4.69, 9.17) is 0 Å². The van der Waals surface area contributed by atoms with Crippen LogP contribution in [0.3, 0.4) is 0 Å². The Bertz CT molecular complexity index is 1270. The monoisotopic (exact) mass is 564 g/mol. The summed E-state index contributed by atoms with van der Waals surface area (Å²) in [5, 5.41) is 0.624. The Morgan fingerprint density at radius 3 is 2.44 bits per heavy atom. The molecule has 0 saturated carbocycles. The Morgan fingerprint density at radius 2 is 1.79 bits per heavy atom. The van der Waals surface area contributed by atoms with Gasteiger partial charge in [0.05, 0.1) is 15.1 Å². The molecule has 0 N–H and O–H groups in total. The molecule has 182 valence electrons. The molecule has 0 atom stereocenters. The molecular weight excluding hydrogens is 536 g/mol. The molecule has 1 aliphatic rings. The fraction of sp³-hybridized carbons (Fsp3) is 0.417. The minimum absolute atomic E-state index is 0.198. The summed E-state index contributed by atoms with van der Waals surface area (Å²) < 4.78 is 29.6. The topological polar surface area (TPSA) is 73.8 Å². The summed E-state index contributed by atoms with van der Waals surface area (Å²) in [6.07, 6.45) is 1.74. The molecule has 7 nitrogen and oxygen atoms in total. The predicted octanol–water partition coefficient (Wildman–Crippen LogP) is 4.69. The summed E-state index contributed by atoms with van der Waals surface area (Å²) in [5.41, 5.74) is 1.27. The van der Waals surface area contributed by atoms with Crippen molar-refractivity contribution in [3.63, 3.8) is 0 Å². The first-order valence-electron chi connectivity index (χ1n) is 11.3. The van der Waals surface area contributed by atoms with Gasteiger partial charge in [-0.2, -0.15) is 4.31 Å². The lowest BCUT2D eigenvalue weighted by molar-refractivity contribution is 0.0985. The quantitative estimate of drug-likeness (QED) is 0.416. The zero-order valence-electron chi connectivity index (χ0n) is 19.6. The zero-order chi connectivity index (χ0) is 24.5. The molecule has 3 aromatic rings. The molecule has 34 heavy (non-hydrogen) atoms. The van der Waals surface area contributed by atoms with Gasteiger partial charge in [-0.05, 0) is 75.3 Å². The van der Waals surface area contributed by atoms with Crippen molar-refractivity contribution in [2.24, 2.45) is 5.92 Å². The van der Waals surface area contributed by atoms with Gasteiger partial charge in [0.1, 0.15) is 0 Å². The van der Waals surface area contributed by atoms with Crippen LogP contribution >= 0.6 is 27.3 Å². The third-order valence-electron chi connectivity index (χ3n) is 6.07. The molecule has 0 radical (unpaired) electrons. The highest BCUT2D eigenvalue weighted by Crippen LogP contribution is 2.32. The molecular formula is C24H29BrN4O3S2. The van der Waals surface area contributed by atoms with Gasteiger partial charge in [-0.1, -0.05) is 34.2 Å². The minimum Gasteiger partial charge on any atom is -0.308 e. The minimum atomic E-state index is -3.56. The van der Waals surface area contributed by atoms with E-state index in [0.29, 0.717) is 42.8 Å². The summed E-state index contributed by atoms with van der Waals surface area (Å²) in [5.74, 6) is 0.346. The van der Waals surface area contributed by atoms with Gasteiger partial charge in [0.25, 0.3) is 5.91 Å². The van der Waals surface area contributed by atoms with Crippen LogP contribution in [0.5, 0.6) is 0 Å². The molecule has 1 amide bonds. The van der Waals surface area contributed by atoms with Gasteiger partial charge in [-0.15, -0.1) is 0 Å². The molecule has 0 aliphatic carbocycles. The van der Waals surface area contributed by atoms with Crippen LogP contribution in [0, 0.1) is 5.92 Å². The highest BCUT2D eigenvalue weighted by molar-refractivity contribution is 9.10. The Balaban J connectivity index is 1.59. The molecule has 2 heterocycles. The molecule has 0 spiro atoms. The van der Waals surface area contributed by atoms with Crippen LogP contribution in [0.2, 0.25) is 0 Å². The number of fused-ring (bicyclic) bond motifs is 1. The maximum absolute atomic E-state index is 13.5. The van der Waals surface area contributed by atoms with Crippen LogP contribution in [0.4, 0.5) is 5.13 Å². The fourth-order valence-electron chi connectivity index (χ4n) is 3.89. The summed E-state index contributed by atoms with van der Waals surface area (Å²) >= 11 is 4.95. The number of aromatic nitrogens is 1. The standard InChI is InChI=1S/C24H29BrN4O3S2/c1-17-10-12-28(13-11-17)34(31,32)20-7-4-18(5-8-20)23(30)29(15-14-27(2)3)24-26-21-9-6-19(25)16-22(21)33-24/h4-9,16-17H,10-15H2,1-3H3. The number of hydrogen-bond donors (Lipinski definition) is 0. The number of carbonyl (C=O) groups is 1. The second-order valence-corrected chi connectivity index (χ2v) is 12.8. The lowest BCUT2D eigenvalue weighted by atomic mass is 10.0. The highest BCUT2D eigenvalue weighted by atomic mass is 79.9. The zero-order valence-corrected chi connectivity index (χ0v) is 22.8. The fourth-order valence-corrected chi connectivity index (χ4v) is 6.90. The van der Waals surface area contributed by atoms with Gasteiger partial charge in [0.2, 0.25) is 10.0 Å². The first-order chi connectivity index (χ1) is 16.1. The van der Waals surface area contributed by atoms with Gasteiger partial charge in [0.15, 0.2) is 5.13 Å². The van der Waals surface area contributed by atoms with E-state index >= 15 is 0 Å². The second kappa shape index (κ2) is 10.4. The number of rotatable bonds is 7. The van der Waals surface area contributed by atoms with Crippen molar-refractivity contribution >= 4 is 58.5 Å². The van der Waals surface area contributed by atoms with Crippen molar-refractivity contribution in [3.05, 3.63) is 52.5 Å². The number of benzene rings is 2. The van der Waals surface area contributed by atoms with Gasteiger partial charge in [-0.3, -0.25) is 9.69 Å². The van der Waals surface area contributed by atoms with Crippen LogP contribution < -0.4 is 4.90 Å². The molecule has 0 bridgehead atoms. The normalized spacial score (nSPS) is 15.8. The first-order valence-corrected chi connectivity index (χ1v) is 14.3. The molecule has 4 rings (SSSR count). The Hall–Kier alpha value is -1.85. The SMILES string of the molecule is CC1CCN(S(=O)(=O)c2ccc(C(=O)N(CCN(C)C)c3nc4ccc(Br)cc4s3)cc2)CC1. The van der Waals surface area contributed by atoms with Crippen molar-refractivity contribution in [1.29, 1.82) is 0 Å². The van der Waals surface area contributed by atoms with Gasteiger partial charge in [-0.25, -0.2) is 13.4 Å². The lowest BCUT2D eigenvalue weighted by Gasteiger charge is -2.29. The van der Waals surface area contributed by atoms with E-state index in [9.17, 15) is 13.2 Å². The first kappa shape index (κ1) is 25.2. The van der Waals surface area contributed by atoms with Crippen molar-refractivity contribution in [3.8, 4) is 0 Å². The van der Waals surface area contributed by atoms with Gasteiger partial charge < -0.3 is 4.90 Å². The van der Waals surface area contributed by atoms with Crippen molar-refractivity contribution in [2.45, 2.75) is 24.7 Å². The van der Waals surface area contributed by atoms with E-state index in [1.54, 1.807) is 33.5 Å². The van der Waals surface area contributed by atoms with Gasteiger partial charge in [0, 0.05) is 36.2 Å². The van der Waals surface area contributed by atoms with E-state index in [-0.39, 0.29) is 10.8 Å². The maximum atomic E-state index is 13.5. The van der Waals surface area contributed by atoms with Gasteiger partial charge >= 0.3 is 0 Å². The average molecular weight is 566 g/mol. The molecule has 2 aromatic carbocycles. The number of amides is 1. The Morgan fingerprint density at radius 1 is 1.12 bits per heavy atom. The molecule has 1 fully saturated rings. The largest absolute Gasteiger partial charge is 0.308 e. The van der Waals surface area contributed by atoms with Crippen LogP contribution in [0.1, 0.15) is 30.1 Å². The average Bonchev–Trinajstić information content (AvgIpc) is 3.22. The third kappa shape index (κ3) is 5.52. The van der Waals surface area contributed by atoms with E-state index in [0.717, 1.165) is 27.5 Å². The van der Waals surface area contributed by atoms with Crippen molar-refractivity contribution in [1.82, 2.24) is 14.2 Å². The predicted molar refractivity (Wildman–Crippen MR) is 141 cm³/mol. The molecule has 0 unspecified atom stereocenters. The van der Waals surface area contributed by atoms with Crippen molar-refractivity contribution < 1.29 is 13.2 Å². The molecule has 10 heteroatoms. The van der Waals surface area contributed by atoms with Crippen LogP contribution in [0.15, 0.2) is 51.8 Å². The van der Waals surface area contributed by atoms with Crippen molar-refractivity contribution in [2.75, 3.05) is 45.2 Å². The second-order valence-electron chi connectivity index (χ2n) is 8.98. The van der Waals surface area contributed by atoms with Crippen LogP contribution in [0.25, 0.3) is 10.2 Å². The number of thiazole rings is 1. The Labute approximate surface area is 213 Å². The summed E-state index contributed by atoms with van der Waals surface area (Å²) in [4.78, 5) is 22.1. The summed E-state index contributed by atoms with van der Waals surface area (Å²) in [7, 11) is 0.359. The smallest absolute Gasteiger partial charge is 0.260 e. The number of anilines is 1. The summed E-state index contributed by atoms with van der Waals surface area (Å²) in [6, 6.07) is 12.1. The molecule has 1 aliphatic heterocycles. The highest BCUT2D eigenvalue weighted by Gasteiger charge is 2.28. The van der Waals surface area contributed by atoms with E-state index in [1.807, 2.05) is 37.2 Å². The third-order valence-corrected chi connectivity index (χ3v) is 9.51.